The summed E-state index contributed by atoms with van der Waals surface area (Å²) in [6.07, 6.45) is 7.93. The molecule has 148 valence electrons. The van der Waals surface area contributed by atoms with Gasteiger partial charge in [-0.3, -0.25) is 9.59 Å². The molecule has 26 heavy (non-hydrogen) atoms. The highest BCUT2D eigenvalue weighted by Crippen LogP contribution is 2.30. The summed E-state index contributed by atoms with van der Waals surface area (Å²) in [6, 6.07) is 0. The van der Waals surface area contributed by atoms with Crippen LogP contribution in [0.3, 0.4) is 0 Å². The van der Waals surface area contributed by atoms with Gasteiger partial charge in [-0.2, -0.15) is 0 Å². The van der Waals surface area contributed by atoms with Gasteiger partial charge < -0.3 is 14.9 Å². The number of carbonyl (C=O) groups is 3. The maximum absolute atomic E-state index is 11.5. The van der Waals surface area contributed by atoms with Crippen molar-refractivity contribution in [1.82, 2.24) is 0 Å². The molecule has 6 heteroatoms. The third kappa shape index (κ3) is 7.58. The Balaban J connectivity index is 0.000000263. The standard InChI is InChI=1S/C12H20O2.C8H12O4/c1-9(2)14-12(13)10(3)11-7-5-4-6-8-11;9-7(10)5-1-2-6(4-3-5)8(11)12/h9,11H,3-8H2,1-2H3;5-6H,1-4H2,(H,9,10)(H,11,12). The Morgan fingerprint density at radius 3 is 1.58 bits per heavy atom. The second-order valence-corrected chi connectivity index (χ2v) is 7.54. The topological polar surface area (TPSA) is 101 Å². The van der Waals surface area contributed by atoms with Gasteiger partial charge in [-0.05, 0) is 58.3 Å². The van der Waals surface area contributed by atoms with Gasteiger partial charge in [0.25, 0.3) is 0 Å². The summed E-state index contributed by atoms with van der Waals surface area (Å²) in [5.41, 5.74) is 0.679. The summed E-state index contributed by atoms with van der Waals surface area (Å²) in [4.78, 5) is 32.5. The molecule has 0 radical (unpaired) electrons. The van der Waals surface area contributed by atoms with Crippen molar-refractivity contribution < 1.29 is 29.3 Å². The molecule has 2 N–H and O–H groups in total. The van der Waals surface area contributed by atoms with Crippen LogP contribution >= 0.6 is 0 Å². The van der Waals surface area contributed by atoms with Gasteiger partial charge in [0.1, 0.15) is 0 Å². The molecule has 0 amide bonds. The van der Waals surface area contributed by atoms with Gasteiger partial charge in [-0.1, -0.05) is 25.8 Å². The third-order valence-corrected chi connectivity index (χ3v) is 5.13. The van der Waals surface area contributed by atoms with E-state index in [1.165, 1.54) is 19.3 Å². The van der Waals surface area contributed by atoms with Crippen LogP contribution in [0.2, 0.25) is 0 Å². The Morgan fingerprint density at radius 1 is 0.808 bits per heavy atom. The van der Waals surface area contributed by atoms with E-state index < -0.39 is 11.9 Å². The summed E-state index contributed by atoms with van der Waals surface area (Å²) < 4.78 is 5.13. The molecule has 2 aliphatic carbocycles. The molecule has 0 atom stereocenters. The second kappa shape index (κ2) is 11.0. The predicted molar refractivity (Wildman–Crippen MR) is 97.7 cm³/mol. The fourth-order valence-corrected chi connectivity index (χ4v) is 3.49. The summed E-state index contributed by atoms with van der Waals surface area (Å²) in [7, 11) is 0. The lowest BCUT2D eigenvalue weighted by molar-refractivity contribution is -0.148. The van der Waals surface area contributed by atoms with E-state index in [1.54, 1.807) is 0 Å². The van der Waals surface area contributed by atoms with Crippen LogP contribution in [0.15, 0.2) is 12.2 Å². The molecule has 0 heterocycles. The Morgan fingerprint density at radius 2 is 1.23 bits per heavy atom. The van der Waals surface area contributed by atoms with E-state index in [0.717, 1.165) is 12.8 Å². The smallest absolute Gasteiger partial charge is 0.333 e. The highest BCUT2D eigenvalue weighted by Gasteiger charge is 2.29. The Bertz CT molecular complexity index is 474. The lowest BCUT2D eigenvalue weighted by Gasteiger charge is -2.23. The average Bonchev–Trinajstić information content (AvgIpc) is 2.61. The largest absolute Gasteiger partial charge is 0.481 e. The number of carboxylic acid groups (broad SMARTS) is 2. The first-order valence-electron chi connectivity index (χ1n) is 9.57. The number of carbonyl (C=O) groups excluding carboxylic acids is 1. The average molecular weight is 368 g/mol. The quantitative estimate of drug-likeness (QED) is 0.561. The maximum atomic E-state index is 11.5. The first-order chi connectivity index (χ1) is 12.2. The van der Waals surface area contributed by atoms with Crippen molar-refractivity contribution in [3.05, 3.63) is 12.2 Å². The van der Waals surface area contributed by atoms with E-state index in [0.29, 0.717) is 37.2 Å². The van der Waals surface area contributed by atoms with Crippen molar-refractivity contribution in [3.63, 3.8) is 0 Å². The number of aliphatic carboxylic acids is 2. The van der Waals surface area contributed by atoms with E-state index in [4.69, 9.17) is 14.9 Å². The van der Waals surface area contributed by atoms with Crippen LogP contribution in [0, 0.1) is 17.8 Å². The molecule has 0 aromatic rings. The third-order valence-electron chi connectivity index (χ3n) is 5.13. The van der Waals surface area contributed by atoms with Gasteiger partial charge >= 0.3 is 17.9 Å². The summed E-state index contributed by atoms with van der Waals surface area (Å²) in [5, 5.41) is 17.2. The molecule has 2 saturated carbocycles. The molecule has 0 unspecified atom stereocenters. The minimum absolute atomic E-state index is 0.0390. The van der Waals surface area contributed by atoms with Crippen LogP contribution in [0.4, 0.5) is 0 Å². The number of ether oxygens (including phenoxy) is 1. The van der Waals surface area contributed by atoms with Gasteiger partial charge in [-0.25, -0.2) is 4.79 Å². The normalized spacial score (nSPS) is 23.5. The fourth-order valence-electron chi connectivity index (χ4n) is 3.49. The highest BCUT2D eigenvalue weighted by molar-refractivity contribution is 5.88. The Labute approximate surface area is 155 Å². The zero-order valence-electron chi connectivity index (χ0n) is 15.9. The molecule has 2 aliphatic rings. The monoisotopic (exact) mass is 368 g/mol. The lowest BCUT2D eigenvalue weighted by Crippen LogP contribution is -2.25. The van der Waals surface area contributed by atoms with Crippen molar-refractivity contribution in [1.29, 1.82) is 0 Å². The Kier molecular flexibility index (Phi) is 9.38. The van der Waals surface area contributed by atoms with Crippen molar-refractivity contribution >= 4 is 17.9 Å². The highest BCUT2D eigenvalue weighted by atomic mass is 16.5. The maximum Gasteiger partial charge on any atom is 0.333 e. The minimum Gasteiger partial charge on any atom is -0.481 e. The summed E-state index contributed by atoms with van der Waals surface area (Å²) in [5.74, 6) is -2.05. The van der Waals surface area contributed by atoms with Crippen molar-refractivity contribution in [2.24, 2.45) is 17.8 Å². The van der Waals surface area contributed by atoms with Gasteiger partial charge in [0.15, 0.2) is 0 Å². The molecule has 2 fully saturated rings. The number of carboxylic acids is 2. The predicted octanol–water partition coefficient (Wildman–Crippen LogP) is 4.04. The molecule has 0 aromatic heterocycles. The number of hydrogen-bond acceptors (Lipinski definition) is 4. The van der Waals surface area contributed by atoms with Crippen molar-refractivity contribution in [3.8, 4) is 0 Å². The molecule has 0 spiro atoms. The van der Waals surface area contributed by atoms with Crippen LogP contribution in [-0.4, -0.2) is 34.2 Å². The fraction of sp³-hybridized carbons (Fsp3) is 0.750. The molecular formula is C20H32O6. The SMILES string of the molecule is C=C(C(=O)OC(C)C)C1CCCCC1.O=C(O)C1CCC(C(=O)O)CC1. The van der Waals surface area contributed by atoms with Crippen LogP contribution in [0.1, 0.15) is 71.6 Å². The zero-order valence-corrected chi connectivity index (χ0v) is 15.9. The molecule has 2 rings (SSSR count). The zero-order chi connectivity index (χ0) is 19.7. The van der Waals surface area contributed by atoms with E-state index in [9.17, 15) is 14.4 Å². The van der Waals surface area contributed by atoms with E-state index in [-0.39, 0.29) is 23.9 Å². The molecule has 0 bridgehead atoms. The molecular weight excluding hydrogens is 336 g/mol. The molecule has 0 aromatic carbocycles. The van der Waals surface area contributed by atoms with Crippen LogP contribution in [-0.2, 0) is 19.1 Å². The summed E-state index contributed by atoms with van der Waals surface area (Å²) >= 11 is 0. The van der Waals surface area contributed by atoms with E-state index >= 15 is 0 Å². The first kappa shape index (κ1) is 22.2. The lowest BCUT2D eigenvalue weighted by atomic mass is 9.82. The van der Waals surface area contributed by atoms with Crippen molar-refractivity contribution in [2.75, 3.05) is 0 Å². The van der Waals surface area contributed by atoms with Gasteiger partial charge in [0, 0.05) is 5.57 Å². The Hall–Kier alpha value is -1.85. The van der Waals surface area contributed by atoms with Gasteiger partial charge in [-0.15, -0.1) is 0 Å². The molecule has 0 saturated heterocycles. The number of esters is 1. The van der Waals surface area contributed by atoms with Crippen LogP contribution in [0.5, 0.6) is 0 Å². The molecule has 6 nitrogen and oxygen atoms in total. The second-order valence-electron chi connectivity index (χ2n) is 7.54. The van der Waals surface area contributed by atoms with E-state index in [2.05, 4.69) is 6.58 Å². The minimum atomic E-state index is -0.793. The van der Waals surface area contributed by atoms with E-state index in [1.807, 2.05) is 13.8 Å². The number of rotatable bonds is 5. The number of hydrogen-bond donors (Lipinski definition) is 2. The van der Waals surface area contributed by atoms with Crippen LogP contribution in [0.25, 0.3) is 0 Å². The van der Waals surface area contributed by atoms with Crippen LogP contribution < -0.4 is 0 Å². The summed E-state index contributed by atoms with van der Waals surface area (Å²) in [6.45, 7) is 7.59. The van der Waals surface area contributed by atoms with Gasteiger partial charge in [0.2, 0.25) is 0 Å². The first-order valence-corrected chi connectivity index (χ1v) is 9.57. The van der Waals surface area contributed by atoms with Crippen molar-refractivity contribution in [2.45, 2.75) is 77.7 Å². The van der Waals surface area contributed by atoms with Gasteiger partial charge in [0.05, 0.1) is 17.9 Å². The molecule has 0 aliphatic heterocycles.